The molecule has 0 spiro atoms. The SMILES string of the molecule is CCCCCCc1c(CCCCCC)c(OOCCCC)c(O)c(C(=O)O)c1CCCCCC. The van der Waals surface area contributed by atoms with Crippen LogP contribution in [0.15, 0.2) is 0 Å². The van der Waals surface area contributed by atoms with E-state index in [9.17, 15) is 15.0 Å². The van der Waals surface area contributed by atoms with E-state index in [1.54, 1.807) is 0 Å². The molecule has 34 heavy (non-hydrogen) atoms. The number of benzene rings is 1. The second-order valence-corrected chi connectivity index (χ2v) is 9.48. The van der Waals surface area contributed by atoms with Crippen molar-refractivity contribution in [1.82, 2.24) is 0 Å². The van der Waals surface area contributed by atoms with Gasteiger partial charge in [0.25, 0.3) is 0 Å². The topological polar surface area (TPSA) is 76.0 Å². The first-order valence-corrected chi connectivity index (χ1v) is 13.9. The summed E-state index contributed by atoms with van der Waals surface area (Å²) >= 11 is 0. The van der Waals surface area contributed by atoms with Crippen LogP contribution in [0.5, 0.6) is 11.5 Å². The molecule has 0 unspecified atom stereocenters. The molecule has 1 aromatic rings. The molecule has 196 valence electrons. The summed E-state index contributed by atoms with van der Waals surface area (Å²) in [4.78, 5) is 23.5. The fraction of sp³-hybridized carbons (Fsp3) is 0.759. The summed E-state index contributed by atoms with van der Waals surface area (Å²) in [5, 5.41) is 21.2. The molecular formula is C29H50O5. The van der Waals surface area contributed by atoms with Crippen LogP contribution in [0.4, 0.5) is 0 Å². The number of carboxylic acid groups (broad SMARTS) is 1. The van der Waals surface area contributed by atoms with Crippen LogP contribution in [-0.2, 0) is 24.2 Å². The van der Waals surface area contributed by atoms with Gasteiger partial charge in [-0.15, -0.1) is 0 Å². The predicted octanol–water partition coefficient (Wildman–Crippen LogP) is 8.57. The molecule has 0 aliphatic heterocycles. The minimum absolute atomic E-state index is 0.00777. The van der Waals surface area contributed by atoms with Crippen LogP contribution in [0, 0.1) is 0 Å². The minimum Gasteiger partial charge on any atom is -0.504 e. The maximum atomic E-state index is 12.3. The number of aromatic hydroxyl groups is 1. The highest BCUT2D eigenvalue weighted by atomic mass is 17.2. The van der Waals surface area contributed by atoms with Gasteiger partial charge in [-0.2, -0.15) is 4.89 Å². The van der Waals surface area contributed by atoms with E-state index in [1.807, 2.05) is 0 Å². The number of carboxylic acids is 1. The zero-order valence-electron chi connectivity index (χ0n) is 22.3. The molecule has 2 N–H and O–H groups in total. The number of phenols is 1. The van der Waals surface area contributed by atoms with Crippen molar-refractivity contribution in [2.75, 3.05) is 6.61 Å². The summed E-state index contributed by atoms with van der Waals surface area (Å²) < 4.78 is 0. The summed E-state index contributed by atoms with van der Waals surface area (Å²) in [6.45, 7) is 9.05. The molecule has 0 amide bonds. The molecule has 0 bridgehead atoms. The van der Waals surface area contributed by atoms with Crippen LogP contribution in [-0.4, -0.2) is 22.8 Å². The largest absolute Gasteiger partial charge is 0.504 e. The lowest BCUT2D eigenvalue weighted by Gasteiger charge is -2.22. The second kappa shape index (κ2) is 18.6. The van der Waals surface area contributed by atoms with Crippen molar-refractivity contribution in [3.63, 3.8) is 0 Å². The Morgan fingerprint density at radius 3 is 1.59 bits per heavy atom. The molecule has 0 aliphatic carbocycles. The van der Waals surface area contributed by atoms with Gasteiger partial charge in [0, 0.05) is 5.56 Å². The third kappa shape index (κ3) is 10.2. The van der Waals surface area contributed by atoms with Gasteiger partial charge in [-0.25, -0.2) is 4.79 Å². The molecule has 0 atom stereocenters. The maximum absolute atomic E-state index is 12.3. The Morgan fingerprint density at radius 1 is 0.647 bits per heavy atom. The summed E-state index contributed by atoms with van der Waals surface area (Å²) in [6.07, 6.45) is 17.2. The number of unbranched alkanes of at least 4 members (excludes halogenated alkanes) is 10. The van der Waals surface area contributed by atoms with Crippen molar-refractivity contribution in [3.05, 3.63) is 22.3 Å². The fourth-order valence-electron chi connectivity index (χ4n) is 4.52. The lowest BCUT2D eigenvalue weighted by Crippen LogP contribution is -2.14. The third-order valence-corrected chi connectivity index (χ3v) is 6.53. The predicted molar refractivity (Wildman–Crippen MR) is 140 cm³/mol. The van der Waals surface area contributed by atoms with Gasteiger partial charge in [-0.1, -0.05) is 91.9 Å². The number of carbonyl (C=O) groups is 1. The van der Waals surface area contributed by atoms with Crippen LogP contribution in [0.3, 0.4) is 0 Å². The van der Waals surface area contributed by atoms with Crippen molar-refractivity contribution in [2.45, 2.75) is 137 Å². The first kappa shape index (κ1) is 30.3. The lowest BCUT2D eigenvalue weighted by atomic mass is 9.85. The standard InChI is InChI=1S/C29H50O5/c1-5-9-13-16-19-23-24(20-17-14-10-6-2)26(29(31)32)27(30)28(34-33-22-12-8-4)25(23)21-18-15-11-7-3/h30H,5-22H2,1-4H3,(H,31,32). The molecule has 0 heterocycles. The van der Waals surface area contributed by atoms with Gasteiger partial charge < -0.3 is 15.1 Å². The smallest absolute Gasteiger partial charge is 0.339 e. The molecular weight excluding hydrogens is 428 g/mol. The van der Waals surface area contributed by atoms with Gasteiger partial charge in [0.15, 0.2) is 5.75 Å². The Labute approximate surface area is 208 Å². The lowest BCUT2D eigenvalue weighted by molar-refractivity contribution is -0.208. The van der Waals surface area contributed by atoms with Crippen LogP contribution in [0.2, 0.25) is 0 Å². The van der Waals surface area contributed by atoms with E-state index in [0.29, 0.717) is 13.0 Å². The molecule has 0 saturated carbocycles. The molecule has 1 rings (SSSR count). The van der Waals surface area contributed by atoms with Gasteiger partial charge in [-0.05, 0) is 56.1 Å². The summed E-state index contributed by atoms with van der Waals surface area (Å²) in [6, 6.07) is 0. The van der Waals surface area contributed by atoms with E-state index in [1.165, 1.54) is 6.42 Å². The highest BCUT2D eigenvalue weighted by Crippen LogP contribution is 2.42. The van der Waals surface area contributed by atoms with E-state index < -0.39 is 5.97 Å². The van der Waals surface area contributed by atoms with E-state index in [2.05, 4.69) is 27.7 Å². The second-order valence-electron chi connectivity index (χ2n) is 9.48. The summed E-state index contributed by atoms with van der Waals surface area (Å²) in [5.41, 5.74) is 2.85. The highest BCUT2D eigenvalue weighted by molar-refractivity contribution is 5.94. The first-order chi connectivity index (χ1) is 16.5. The van der Waals surface area contributed by atoms with Crippen LogP contribution < -0.4 is 4.89 Å². The van der Waals surface area contributed by atoms with Crippen molar-refractivity contribution in [3.8, 4) is 11.5 Å². The molecule has 0 aromatic heterocycles. The van der Waals surface area contributed by atoms with Gasteiger partial charge in [0.2, 0.25) is 5.75 Å². The number of rotatable bonds is 21. The highest BCUT2D eigenvalue weighted by Gasteiger charge is 2.28. The van der Waals surface area contributed by atoms with E-state index >= 15 is 0 Å². The normalized spacial score (nSPS) is 11.2. The van der Waals surface area contributed by atoms with Gasteiger partial charge in [0.05, 0.1) is 6.61 Å². The first-order valence-electron chi connectivity index (χ1n) is 13.9. The van der Waals surface area contributed by atoms with Gasteiger partial charge >= 0.3 is 5.97 Å². The molecule has 5 heteroatoms. The average molecular weight is 479 g/mol. The Bertz CT molecular complexity index is 698. The molecule has 0 radical (unpaired) electrons. The minimum atomic E-state index is -1.09. The van der Waals surface area contributed by atoms with Gasteiger partial charge in [0.1, 0.15) is 5.56 Å². The number of aromatic carboxylic acids is 1. The van der Waals surface area contributed by atoms with Crippen molar-refractivity contribution in [1.29, 1.82) is 0 Å². The molecule has 1 aromatic carbocycles. The zero-order valence-corrected chi connectivity index (χ0v) is 22.3. The van der Waals surface area contributed by atoms with Crippen molar-refractivity contribution < 1.29 is 24.8 Å². The molecule has 0 saturated heterocycles. The third-order valence-electron chi connectivity index (χ3n) is 6.53. The van der Waals surface area contributed by atoms with Crippen LogP contribution in [0.25, 0.3) is 0 Å². The van der Waals surface area contributed by atoms with Crippen molar-refractivity contribution >= 4 is 5.97 Å². The maximum Gasteiger partial charge on any atom is 0.339 e. The van der Waals surface area contributed by atoms with Gasteiger partial charge in [-0.3, -0.25) is 0 Å². The van der Waals surface area contributed by atoms with Crippen LogP contribution in [0.1, 0.15) is 145 Å². The Kier molecular flexibility index (Phi) is 16.5. The Hall–Kier alpha value is -1.75. The molecule has 0 aliphatic rings. The zero-order chi connectivity index (χ0) is 25.2. The van der Waals surface area contributed by atoms with E-state index in [4.69, 9.17) is 9.78 Å². The number of hydrogen-bond donors (Lipinski definition) is 2. The monoisotopic (exact) mass is 478 g/mol. The van der Waals surface area contributed by atoms with E-state index in [-0.39, 0.29) is 17.1 Å². The Balaban J connectivity index is 3.48. The quantitative estimate of drug-likeness (QED) is 0.105. The molecule has 0 fully saturated rings. The van der Waals surface area contributed by atoms with Crippen molar-refractivity contribution in [2.24, 2.45) is 0 Å². The summed E-state index contributed by atoms with van der Waals surface area (Å²) in [5.74, 6) is -1.13. The molecule has 5 nitrogen and oxygen atoms in total. The Morgan fingerprint density at radius 2 is 1.12 bits per heavy atom. The number of hydrogen-bond acceptors (Lipinski definition) is 4. The fourth-order valence-corrected chi connectivity index (χ4v) is 4.52. The summed E-state index contributed by atoms with van der Waals surface area (Å²) in [7, 11) is 0. The van der Waals surface area contributed by atoms with E-state index in [0.717, 1.165) is 113 Å². The van der Waals surface area contributed by atoms with Crippen LogP contribution >= 0.6 is 0 Å². The average Bonchev–Trinajstić information content (AvgIpc) is 2.82.